The third-order valence-corrected chi connectivity index (χ3v) is 4.11. The summed E-state index contributed by atoms with van der Waals surface area (Å²) in [6.07, 6.45) is 3.98. The van der Waals surface area contributed by atoms with Gasteiger partial charge in [0.25, 0.3) is 5.91 Å². The van der Waals surface area contributed by atoms with Crippen LogP contribution >= 0.6 is 0 Å². The standard InChI is InChI=1S/C18H20N2O/c1-14-7-9-15(10-8-14)18(21)20-12-4-5-16(13-20)17-6-2-3-11-19-17/h2-3,6-11,16H,4-5,12-13H2,1H3. The summed E-state index contributed by atoms with van der Waals surface area (Å²) < 4.78 is 0. The molecule has 1 aromatic carbocycles. The normalized spacial score (nSPS) is 18.5. The Labute approximate surface area is 125 Å². The third-order valence-electron chi connectivity index (χ3n) is 4.11. The summed E-state index contributed by atoms with van der Waals surface area (Å²) in [6.45, 7) is 3.64. The summed E-state index contributed by atoms with van der Waals surface area (Å²) in [7, 11) is 0. The first-order valence-corrected chi connectivity index (χ1v) is 7.51. The van der Waals surface area contributed by atoms with E-state index in [1.54, 1.807) is 0 Å². The number of hydrogen-bond acceptors (Lipinski definition) is 2. The van der Waals surface area contributed by atoms with Crippen LogP contribution in [0.15, 0.2) is 48.7 Å². The Kier molecular flexibility index (Phi) is 4.00. The van der Waals surface area contributed by atoms with Crippen LogP contribution in [-0.2, 0) is 0 Å². The quantitative estimate of drug-likeness (QED) is 0.844. The van der Waals surface area contributed by atoms with Crippen LogP contribution < -0.4 is 0 Å². The van der Waals surface area contributed by atoms with E-state index in [9.17, 15) is 4.79 Å². The number of nitrogens with zero attached hydrogens (tertiary/aromatic N) is 2. The van der Waals surface area contributed by atoms with Gasteiger partial charge in [-0.1, -0.05) is 23.8 Å². The minimum Gasteiger partial charge on any atom is -0.338 e. The first-order valence-electron chi connectivity index (χ1n) is 7.51. The molecule has 2 heterocycles. The molecule has 1 atom stereocenters. The monoisotopic (exact) mass is 280 g/mol. The van der Waals surface area contributed by atoms with E-state index in [0.29, 0.717) is 5.92 Å². The fraction of sp³-hybridized carbons (Fsp3) is 0.333. The second-order valence-corrected chi connectivity index (χ2v) is 5.71. The molecule has 2 aromatic rings. The zero-order valence-corrected chi connectivity index (χ0v) is 12.3. The van der Waals surface area contributed by atoms with Gasteiger partial charge in [0, 0.05) is 36.5 Å². The van der Waals surface area contributed by atoms with Crippen molar-refractivity contribution in [3.8, 4) is 0 Å². The smallest absolute Gasteiger partial charge is 0.253 e. The van der Waals surface area contributed by atoms with Crippen molar-refractivity contribution in [1.29, 1.82) is 0 Å². The molecule has 0 bridgehead atoms. The lowest BCUT2D eigenvalue weighted by molar-refractivity contribution is 0.0706. The molecule has 1 aliphatic rings. The second kappa shape index (κ2) is 6.08. The number of piperidine rings is 1. The fourth-order valence-electron chi connectivity index (χ4n) is 2.90. The van der Waals surface area contributed by atoms with Crippen LogP contribution in [0.2, 0.25) is 0 Å². The van der Waals surface area contributed by atoms with Gasteiger partial charge in [-0.2, -0.15) is 0 Å². The van der Waals surface area contributed by atoms with Crippen LogP contribution in [-0.4, -0.2) is 28.9 Å². The molecule has 1 fully saturated rings. The molecule has 1 aliphatic heterocycles. The molecule has 3 heteroatoms. The van der Waals surface area contributed by atoms with Gasteiger partial charge in [0.1, 0.15) is 0 Å². The minimum atomic E-state index is 0.135. The van der Waals surface area contributed by atoms with Crippen LogP contribution in [0.25, 0.3) is 0 Å². The maximum atomic E-state index is 12.6. The van der Waals surface area contributed by atoms with Gasteiger partial charge >= 0.3 is 0 Å². The largest absolute Gasteiger partial charge is 0.338 e. The number of aryl methyl sites for hydroxylation is 1. The predicted molar refractivity (Wildman–Crippen MR) is 83.3 cm³/mol. The Morgan fingerprint density at radius 1 is 1.19 bits per heavy atom. The van der Waals surface area contributed by atoms with Gasteiger partial charge in [-0.25, -0.2) is 0 Å². The maximum Gasteiger partial charge on any atom is 0.253 e. The number of amides is 1. The van der Waals surface area contributed by atoms with Crippen LogP contribution in [0.5, 0.6) is 0 Å². The van der Waals surface area contributed by atoms with E-state index in [1.807, 2.05) is 54.4 Å². The van der Waals surface area contributed by atoms with Gasteiger partial charge in [-0.3, -0.25) is 9.78 Å². The van der Waals surface area contributed by atoms with E-state index >= 15 is 0 Å². The summed E-state index contributed by atoms with van der Waals surface area (Å²) >= 11 is 0. The summed E-state index contributed by atoms with van der Waals surface area (Å²) in [4.78, 5) is 19.0. The van der Waals surface area contributed by atoms with Crippen molar-refractivity contribution < 1.29 is 4.79 Å². The summed E-state index contributed by atoms with van der Waals surface area (Å²) in [6, 6.07) is 13.8. The minimum absolute atomic E-state index is 0.135. The topological polar surface area (TPSA) is 33.2 Å². The zero-order valence-electron chi connectivity index (χ0n) is 12.3. The van der Waals surface area contributed by atoms with E-state index in [0.717, 1.165) is 37.2 Å². The molecule has 1 saturated heterocycles. The van der Waals surface area contributed by atoms with Gasteiger partial charge < -0.3 is 4.90 Å². The zero-order chi connectivity index (χ0) is 14.7. The van der Waals surface area contributed by atoms with Crippen molar-refractivity contribution >= 4 is 5.91 Å². The number of pyridine rings is 1. The first-order chi connectivity index (χ1) is 10.2. The number of rotatable bonds is 2. The summed E-state index contributed by atoms with van der Waals surface area (Å²) in [5.41, 5.74) is 3.05. The highest BCUT2D eigenvalue weighted by Gasteiger charge is 2.25. The first kappa shape index (κ1) is 13.8. The van der Waals surface area contributed by atoms with Crippen LogP contribution in [0.3, 0.4) is 0 Å². The third kappa shape index (κ3) is 3.13. The molecule has 1 unspecified atom stereocenters. The van der Waals surface area contributed by atoms with Crippen LogP contribution in [0.1, 0.15) is 40.4 Å². The molecule has 3 rings (SSSR count). The molecular formula is C18H20N2O. The molecule has 21 heavy (non-hydrogen) atoms. The lowest BCUT2D eigenvalue weighted by atomic mass is 9.94. The summed E-state index contributed by atoms with van der Waals surface area (Å²) in [5.74, 6) is 0.491. The van der Waals surface area contributed by atoms with E-state index < -0.39 is 0 Å². The molecule has 3 nitrogen and oxygen atoms in total. The number of aromatic nitrogens is 1. The number of benzene rings is 1. The average Bonchev–Trinajstić information content (AvgIpc) is 2.56. The van der Waals surface area contributed by atoms with Gasteiger partial charge in [0.2, 0.25) is 0 Å². The highest BCUT2D eigenvalue weighted by molar-refractivity contribution is 5.94. The number of carbonyl (C=O) groups excluding carboxylic acids is 1. The molecule has 108 valence electrons. The predicted octanol–water partition coefficient (Wildman–Crippen LogP) is 3.41. The average molecular weight is 280 g/mol. The van der Waals surface area contributed by atoms with Gasteiger partial charge in [-0.15, -0.1) is 0 Å². The van der Waals surface area contributed by atoms with Crippen molar-refractivity contribution in [1.82, 2.24) is 9.88 Å². The molecule has 0 N–H and O–H groups in total. The van der Waals surface area contributed by atoms with E-state index in [1.165, 1.54) is 5.56 Å². The SMILES string of the molecule is Cc1ccc(C(=O)N2CCCC(c3ccccn3)C2)cc1. The van der Waals surface area contributed by atoms with Gasteiger partial charge in [0.15, 0.2) is 0 Å². The van der Waals surface area contributed by atoms with Crippen molar-refractivity contribution in [3.05, 3.63) is 65.5 Å². The van der Waals surface area contributed by atoms with Crippen LogP contribution in [0, 0.1) is 6.92 Å². The highest BCUT2D eigenvalue weighted by atomic mass is 16.2. The Hall–Kier alpha value is -2.16. The molecule has 0 saturated carbocycles. The lowest BCUT2D eigenvalue weighted by Crippen LogP contribution is -2.39. The van der Waals surface area contributed by atoms with Crippen molar-refractivity contribution in [2.24, 2.45) is 0 Å². The van der Waals surface area contributed by atoms with Crippen molar-refractivity contribution in [2.45, 2.75) is 25.7 Å². The van der Waals surface area contributed by atoms with Crippen molar-refractivity contribution in [2.75, 3.05) is 13.1 Å². The Morgan fingerprint density at radius 3 is 2.71 bits per heavy atom. The Balaban J connectivity index is 1.74. The molecule has 0 spiro atoms. The second-order valence-electron chi connectivity index (χ2n) is 5.71. The molecule has 0 radical (unpaired) electrons. The fourth-order valence-corrected chi connectivity index (χ4v) is 2.90. The molecule has 1 aromatic heterocycles. The van der Waals surface area contributed by atoms with Crippen LogP contribution in [0.4, 0.5) is 0 Å². The molecular weight excluding hydrogens is 260 g/mol. The van der Waals surface area contributed by atoms with Gasteiger partial charge in [-0.05, 0) is 44.0 Å². The van der Waals surface area contributed by atoms with E-state index in [-0.39, 0.29) is 5.91 Å². The summed E-state index contributed by atoms with van der Waals surface area (Å²) in [5, 5.41) is 0. The number of carbonyl (C=O) groups is 1. The Bertz CT molecular complexity index is 607. The van der Waals surface area contributed by atoms with E-state index in [4.69, 9.17) is 0 Å². The van der Waals surface area contributed by atoms with Crippen molar-refractivity contribution in [3.63, 3.8) is 0 Å². The molecule has 0 aliphatic carbocycles. The number of hydrogen-bond donors (Lipinski definition) is 0. The lowest BCUT2D eigenvalue weighted by Gasteiger charge is -2.32. The highest BCUT2D eigenvalue weighted by Crippen LogP contribution is 2.26. The molecule has 1 amide bonds. The number of likely N-dealkylation sites (tertiary alicyclic amines) is 1. The van der Waals surface area contributed by atoms with E-state index in [2.05, 4.69) is 11.1 Å². The van der Waals surface area contributed by atoms with Gasteiger partial charge in [0.05, 0.1) is 0 Å². The Morgan fingerprint density at radius 2 is 2.00 bits per heavy atom. The maximum absolute atomic E-state index is 12.6.